The van der Waals surface area contributed by atoms with Crippen molar-refractivity contribution in [3.05, 3.63) is 109 Å². The van der Waals surface area contributed by atoms with Gasteiger partial charge in [0.05, 0.1) is 22.3 Å². The van der Waals surface area contributed by atoms with Gasteiger partial charge < -0.3 is 11.1 Å². The number of anilines is 3. The monoisotopic (exact) mass is 738 g/mol. The highest BCUT2D eigenvalue weighted by atomic mass is 35.5. The van der Waals surface area contributed by atoms with Crippen molar-refractivity contribution < 1.29 is 52.7 Å². The second kappa shape index (κ2) is 15.3. The van der Waals surface area contributed by atoms with Crippen LogP contribution in [-0.2, 0) is 12.4 Å². The lowest BCUT2D eigenvalue weighted by Gasteiger charge is -2.13. The summed E-state index contributed by atoms with van der Waals surface area (Å²) in [6, 6.07) is 6.35. The van der Waals surface area contributed by atoms with E-state index in [0.717, 1.165) is 6.07 Å². The molecule has 47 heavy (non-hydrogen) atoms. The number of nitrogens with two attached hydrogens (primary N) is 1. The van der Waals surface area contributed by atoms with Crippen LogP contribution in [0.4, 0.5) is 69.9 Å². The van der Waals surface area contributed by atoms with Crippen molar-refractivity contribution in [2.24, 2.45) is 0 Å². The number of halogens is 15. The molecule has 0 spiro atoms. The molecule has 4 aromatic rings. The van der Waals surface area contributed by atoms with E-state index >= 15 is 0 Å². The third kappa shape index (κ3) is 10.2. The molecule has 0 aliphatic heterocycles. The van der Waals surface area contributed by atoms with Crippen molar-refractivity contribution in [2.45, 2.75) is 12.4 Å². The molecule has 2 aromatic heterocycles. The lowest BCUT2D eigenvalue weighted by Crippen LogP contribution is -2.11. The number of aromatic nitrogens is 2. The SMILES string of the molecule is N#Cc1cc(F)c(Cl)nc1Cl.N#Cc1cc(F)c(Nc2cc(F)c(F)c(C(F)(F)F)c2)nc1Cl.Nc1cc(F)c(F)c(C(F)(F)F)c1. The van der Waals surface area contributed by atoms with Gasteiger partial charge in [0, 0.05) is 17.4 Å². The molecule has 0 saturated carbocycles. The summed E-state index contributed by atoms with van der Waals surface area (Å²) in [5.74, 6) is -9.88. The third-order valence-corrected chi connectivity index (χ3v) is 5.85. The maximum Gasteiger partial charge on any atom is 0.419 e. The van der Waals surface area contributed by atoms with Gasteiger partial charge in [0.25, 0.3) is 0 Å². The molecule has 0 unspecified atom stereocenters. The largest absolute Gasteiger partial charge is 0.419 e. The Morgan fingerprint density at radius 1 is 0.596 bits per heavy atom. The predicted molar refractivity (Wildman–Crippen MR) is 143 cm³/mol. The summed E-state index contributed by atoms with van der Waals surface area (Å²) in [6.45, 7) is 0. The molecule has 0 aliphatic rings. The number of rotatable bonds is 2. The minimum absolute atomic E-state index is 0.0198. The Bertz CT molecular complexity index is 1890. The van der Waals surface area contributed by atoms with E-state index in [-0.39, 0.29) is 27.5 Å². The van der Waals surface area contributed by atoms with Crippen LogP contribution in [0.5, 0.6) is 0 Å². The average molecular weight is 740 g/mol. The molecule has 21 heteroatoms. The first-order chi connectivity index (χ1) is 21.6. The highest BCUT2D eigenvalue weighted by Crippen LogP contribution is 2.36. The van der Waals surface area contributed by atoms with E-state index in [9.17, 15) is 52.7 Å². The van der Waals surface area contributed by atoms with Crippen molar-refractivity contribution >= 4 is 52.0 Å². The first-order valence-electron chi connectivity index (χ1n) is 11.4. The summed E-state index contributed by atoms with van der Waals surface area (Å²) in [4.78, 5) is 6.82. The van der Waals surface area contributed by atoms with Gasteiger partial charge in [-0.05, 0) is 30.3 Å². The van der Waals surface area contributed by atoms with Crippen LogP contribution in [-0.4, -0.2) is 9.97 Å². The smallest absolute Gasteiger partial charge is 0.399 e. The molecular formula is C26H9Cl3F12N6. The van der Waals surface area contributed by atoms with Gasteiger partial charge in [0.15, 0.2) is 45.9 Å². The maximum absolute atomic E-state index is 13.7. The highest BCUT2D eigenvalue weighted by Gasteiger charge is 2.37. The van der Waals surface area contributed by atoms with Crippen LogP contribution in [0.3, 0.4) is 0 Å². The Morgan fingerprint density at radius 2 is 1.04 bits per heavy atom. The summed E-state index contributed by atoms with van der Waals surface area (Å²) < 4.78 is 151. The second-order valence-electron chi connectivity index (χ2n) is 8.28. The summed E-state index contributed by atoms with van der Waals surface area (Å²) in [7, 11) is 0. The van der Waals surface area contributed by atoms with Crippen molar-refractivity contribution in [1.82, 2.24) is 9.97 Å². The molecule has 2 aromatic carbocycles. The van der Waals surface area contributed by atoms with Crippen molar-refractivity contribution in [3.63, 3.8) is 0 Å². The first kappa shape index (κ1) is 38.5. The number of nitriles is 2. The highest BCUT2D eigenvalue weighted by molar-refractivity contribution is 6.33. The number of alkyl halides is 6. The summed E-state index contributed by atoms with van der Waals surface area (Å²) in [5, 5.41) is 18.2. The van der Waals surface area contributed by atoms with E-state index in [0.29, 0.717) is 24.3 Å². The van der Waals surface area contributed by atoms with Gasteiger partial charge in [-0.25, -0.2) is 36.3 Å². The number of nitrogen functional groups attached to an aromatic ring is 1. The molecule has 0 fully saturated rings. The van der Waals surface area contributed by atoms with Gasteiger partial charge in [-0.1, -0.05) is 34.8 Å². The average Bonchev–Trinajstić information content (AvgIpc) is 2.95. The Kier molecular flexibility index (Phi) is 12.5. The van der Waals surface area contributed by atoms with Gasteiger partial charge in [0.1, 0.15) is 22.4 Å². The molecule has 0 aliphatic carbocycles. The molecular weight excluding hydrogens is 731 g/mol. The fourth-order valence-electron chi connectivity index (χ4n) is 2.98. The number of pyridine rings is 2. The van der Waals surface area contributed by atoms with Crippen LogP contribution in [0, 0.1) is 57.6 Å². The van der Waals surface area contributed by atoms with Crippen LogP contribution >= 0.6 is 34.8 Å². The van der Waals surface area contributed by atoms with Crippen LogP contribution < -0.4 is 11.1 Å². The second-order valence-corrected chi connectivity index (χ2v) is 9.36. The van der Waals surface area contributed by atoms with Crippen LogP contribution in [0.2, 0.25) is 15.5 Å². The number of benzene rings is 2. The Morgan fingerprint density at radius 3 is 1.53 bits per heavy atom. The van der Waals surface area contributed by atoms with Crippen molar-refractivity contribution in [3.8, 4) is 12.1 Å². The lowest BCUT2D eigenvalue weighted by molar-refractivity contribution is -0.141. The zero-order valence-corrected chi connectivity index (χ0v) is 24.3. The zero-order valence-electron chi connectivity index (χ0n) is 22.0. The Labute approximate surface area is 269 Å². The van der Waals surface area contributed by atoms with E-state index in [1.807, 2.05) is 0 Å². The Balaban J connectivity index is 0.000000270. The van der Waals surface area contributed by atoms with Crippen LogP contribution in [0.25, 0.3) is 0 Å². The van der Waals surface area contributed by atoms with E-state index in [2.05, 4.69) is 15.3 Å². The van der Waals surface area contributed by atoms with E-state index in [1.54, 1.807) is 12.1 Å². The maximum atomic E-state index is 13.7. The third-order valence-electron chi connectivity index (χ3n) is 5.01. The number of hydrogen-bond donors (Lipinski definition) is 2. The molecule has 3 N–H and O–H groups in total. The van der Waals surface area contributed by atoms with Gasteiger partial charge >= 0.3 is 12.4 Å². The molecule has 0 amide bonds. The van der Waals surface area contributed by atoms with E-state index in [1.165, 1.54) is 0 Å². The number of nitrogens with one attached hydrogen (secondary N) is 1. The number of hydrogen-bond acceptors (Lipinski definition) is 6. The minimum atomic E-state index is -5.14. The Hall–Kier alpha value is -4.65. The van der Waals surface area contributed by atoms with Crippen molar-refractivity contribution in [1.29, 1.82) is 10.5 Å². The number of nitrogens with zero attached hydrogens (tertiary/aromatic N) is 4. The molecule has 0 saturated heterocycles. The summed E-state index contributed by atoms with van der Waals surface area (Å²) in [6.07, 6.45) is -10.1. The summed E-state index contributed by atoms with van der Waals surface area (Å²) >= 11 is 16.3. The topological polar surface area (TPSA) is 111 Å². The van der Waals surface area contributed by atoms with E-state index in [4.69, 9.17) is 51.1 Å². The van der Waals surface area contributed by atoms with Gasteiger partial charge in [-0.2, -0.15) is 36.9 Å². The van der Waals surface area contributed by atoms with Gasteiger partial charge in [-0.15, -0.1) is 0 Å². The standard InChI is InChI=1S/C13H4ClF6N3.C7H4F5N.C6HCl2FN2/c14-11-5(4-21)1-9(16)12(23-11)22-6-2-7(13(18,19)20)10(17)8(15)3-6;8-5-2-3(13)1-4(6(5)9)7(10,11)12;7-5-3(2-10)1-4(9)6(8)11-5/h1-3H,(H,22,23);1-2H,13H2;1H. The summed E-state index contributed by atoms with van der Waals surface area (Å²) in [5.41, 5.74) is -0.00822. The zero-order chi connectivity index (χ0) is 36.0. The fraction of sp³-hybridized carbons (Fsp3) is 0.0769. The lowest BCUT2D eigenvalue weighted by atomic mass is 10.1. The van der Waals surface area contributed by atoms with Crippen LogP contribution in [0.1, 0.15) is 22.3 Å². The van der Waals surface area contributed by atoms with Gasteiger partial charge in [0.2, 0.25) is 0 Å². The molecule has 0 bridgehead atoms. The molecule has 6 nitrogen and oxygen atoms in total. The molecule has 2 heterocycles. The first-order valence-corrected chi connectivity index (χ1v) is 12.6. The molecule has 0 radical (unpaired) electrons. The van der Waals surface area contributed by atoms with Crippen LogP contribution in [0.15, 0.2) is 36.4 Å². The quantitative estimate of drug-likeness (QED) is 0.120. The normalized spacial score (nSPS) is 10.9. The minimum Gasteiger partial charge on any atom is -0.399 e. The molecule has 248 valence electrons. The van der Waals surface area contributed by atoms with Gasteiger partial charge in [-0.3, -0.25) is 0 Å². The predicted octanol–water partition coefficient (Wildman–Crippen LogP) is 9.75. The molecule has 4 rings (SSSR count). The fourth-order valence-corrected chi connectivity index (χ4v) is 3.52. The molecule has 0 atom stereocenters. The van der Waals surface area contributed by atoms with E-state index < -0.39 is 80.7 Å². The van der Waals surface area contributed by atoms with Crippen molar-refractivity contribution in [2.75, 3.05) is 11.1 Å².